The van der Waals surface area contributed by atoms with E-state index < -0.39 is 0 Å². The zero-order valence-electron chi connectivity index (χ0n) is 7.85. The van der Waals surface area contributed by atoms with Crippen LogP contribution in [0.1, 0.15) is 0 Å². The molecule has 0 aromatic heterocycles. The Bertz CT molecular complexity index is 283. The van der Waals surface area contributed by atoms with Crippen LogP contribution in [-0.4, -0.2) is 9.52 Å². The van der Waals surface area contributed by atoms with Gasteiger partial charge in [-0.15, -0.1) is 0 Å². The van der Waals surface area contributed by atoms with Gasteiger partial charge in [-0.1, -0.05) is 47.3 Å². The zero-order valence-corrected chi connectivity index (χ0v) is 8.85. The van der Waals surface area contributed by atoms with E-state index in [0.29, 0.717) is 0 Å². The second-order valence-corrected chi connectivity index (χ2v) is 4.26. The van der Waals surface area contributed by atoms with Crippen molar-refractivity contribution in [2.75, 3.05) is 0 Å². The van der Waals surface area contributed by atoms with E-state index in [1.807, 2.05) is 0 Å². The minimum Gasteiger partial charge on any atom is -0.0967 e. The van der Waals surface area contributed by atoms with Crippen molar-refractivity contribution >= 4 is 14.7 Å². The van der Waals surface area contributed by atoms with Gasteiger partial charge in [0, 0.05) is 5.92 Å². The molecule has 1 aliphatic rings. The van der Waals surface area contributed by atoms with E-state index in [2.05, 4.69) is 67.8 Å². The van der Waals surface area contributed by atoms with Crippen LogP contribution in [-0.2, 0) is 0 Å². The molecule has 0 amide bonds. The fourth-order valence-corrected chi connectivity index (χ4v) is 2.12. The molecule has 0 aliphatic heterocycles. The second kappa shape index (κ2) is 5.16. The van der Waals surface area contributed by atoms with Gasteiger partial charge in [0.05, 0.1) is 0 Å². The molecule has 0 nitrogen and oxygen atoms in total. The SMILES string of the molecule is [CH]1[CH][CH][C](/C=C/[Si]c2ccccc2)[CH]1. The summed E-state index contributed by atoms with van der Waals surface area (Å²) < 4.78 is 0. The first-order valence-electron chi connectivity index (χ1n) is 4.65. The van der Waals surface area contributed by atoms with Gasteiger partial charge >= 0.3 is 0 Å². The lowest BCUT2D eigenvalue weighted by Gasteiger charge is -1.98. The molecular weight excluding hydrogens is 184 g/mol. The Hall–Kier alpha value is -0.823. The summed E-state index contributed by atoms with van der Waals surface area (Å²) in [6, 6.07) is 10.5. The van der Waals surface area contributed by atoms with Crippen LogP contribution in [0.15, 0.2) is 42.1 Å². The number of hydrogen-bond donors (Lipinski definition) is 0. The van der Waals surface area contributed by atoms with E-state index in [0.717, 1.165) is 9.52 Å². The third-order valence-corrected chi connectivity index (χ3v) is 2.99. The zero-order chi connectivity index (χ0) is 9.64. The van der Waals surface area contributed by atoms with Crippen LogP contribution in [0, 0.1) is 31.6 Å². The van der Waals surface area contributed by atoms with Gasteiger partial charge in [0.15, 0.2) is 0 Å². The van der Waals surface area contributed by atoms with Crippen molar-refractivity contribution < 1.29 is 0 Å². The van der Waals surface area contributed by atoms with Gasteiger partial charge in [-0.2, -0.15) is 0 Å². The van der Waals surface area contributed by atoms with E-state index >= 15 is 0 Å². The first-order chi connectivity index (χ1) is 6.95. The highest BCUT2D eigenvalue weighted by Gasteiger charge is 2.12. The molecule has 0 unspecified atom stereocenters. The van der Waals surface area contributed by atoms with Crippen molar-refractivity contribution in [2.24, 2.45) is 0 Å². The van der Waals surface area contributed by atoms with Gasteiger partial charge < -0.3 is 0 Å². The molecule has 1 aromatic rings. The molecule has 0 heterocycles. The summed E-state index contributed by atoms with van der Waals surface area (Å²) in [5.74, 6) is 1.29. The molecule has 67 valence electrons. The lowest BCUT2D eigenvalue weighted by atomic mass is 10.1. The number of benzene rings is 1. The molecule has 7 radical (unpaired) electrons. The third-order valence-electron chi connectivity index (χ3n) is 1.99. The van der Waals surface area contributed by atoms with Crippen LogP contribution in [0.3, 0.4) is 0 Å². The van der Waals surface area contributed by atoms with Gasteiger partial charge in [0.2, 0.25) is 0 Å². The van der Waals surface area contributed by atoms with Crippen LogP contribution in [0.25, 0.3) is 0 Å². The highest BCUT2D eigenvalue weighted by Crippen LogP contribution is 2.23. The summed E-state index contributed by atoms with van der Waals surface area (Å²) in [7, 11) is 0.762. The monoisotopic (exact) mass is 195 g/mol. The Morgan fingerprint density at radius 2 is 1.64 bits per heavy atom. The van der Waals surface area contributed by atoms with Gasteiger partial charge in [-0.3, -0.25) is 0 Å². The first kappa shape index (κ1) is 9.72. The number of rotatable bonds is 3. The van der Waals surface area contributed by atoms with Crippen molar-refractivity contribution in [1.82, 2.24) is 0 Å². The standard InChI is InChI=1S/C13H11Si/c1-2-8-13(9-3-1)14-11-10-12-6-4-5-7-12/h1-11H/b11-10+. The Morgan fingerprint density at radius 1 is 0.929 bits per heavy atom. The summed E-state index contributed by atoms with van der Waals surface area (Å²) in [5.41, 5.74) is 2.23. The lowest BCUT2D eigenvalue weighted by Crippen LogP contribution is -2.10. The van der Waals surface area contributed by atoms with Crippen molar-refractivity contribution in [3.05, 3.63) is 73.7 Å². The number of hydrogen-bond acceptors (Lipinski definition) is 0. The summed E-state index contributed by atoms with van der Waals surface area (Å²) >= 11 is 0. The van der Waals surface area contributed by atoms with Crippen LogP contribution in [0.5, 0.6) is 0 Å². The Labute approximate surface area is 88.9 Å². The van der Waals surface area contributed by atoms with Crippen molar-refractivity contribution in [2.45, 2.75) is 0 Å². The van der Waals surface area contributed by atoms with E-state index in [4.69, 9.17) is 0 Å². The second-order valence-electron chi connectivity index (χ2n) is 3.06. The van der Waals surface area contributed by atoms with Crippen LogP contribution in [0.2, 0.25) is 0 Å². The van der Waals surface area contributed by atoms with Crippen LogP contribution < -0.4 is 5.19 Å². The molecular formula is C13H11Si. The molecule has 0 bridgehead atoms. The normalized spacial score (nSPS) is 18.0. The average molecular weight is 195 g/mol. The number of allylic oxidation sites excluding steroid dienone is 1. The van der Waals surface area contributed by atoms with Gasteiger partial charge in [0.1, 0.15) is 9.52 Å². The minimum absolute atomic E-state index is 0.762. The molecule has 1 saturated carbocycles. The molecule has 0 atom stereocenters. The van der Waals surface area contributed by atoms with Crippen molar-refractivity contribution in [1.29, 1.82) is 0 Å². The molecule has 1 fully saturated rings. The van der Waals surface area contributed by atoms with Crippen LogP contribution in [0.4, 0.5) is 0 Å². The Balaban J connectivity index is 1.81. The van der Waals surface area contributed by atoms with Gasteiger partial charge in [-0.25, -0.2) is 0 Å². The minimum atomic E-state index is 0.762. The molecule has 0 N–H and O–H groups in total. The Kier molecular flexibility index (Phi) is 3.58. The average Bonchev–Trinajstić information content (AvgIpc) is 2.72. The predicted octanol–water partition coefficient (Wildman–Crippen LogP) is 1.94. The topological polar surface area (TPSA) is 0 Å². The predicted molar refractivity (Wildman–Crippen MR) is 61.4 cm³/mol. The van der Waals surface area contributed by atoms with Gasteiger partial charge in [-0.05, 0) is 25.7 Å². The van der Waals surface area contributed by atoms with E-state index in [1.165, 1.54) is 11.1 Å². The summed E-state index contributed by atoms with van der Waals surface area (Å²) in [6.07, 6.45) is 10.5. The van der Waals surface area contributed by atoms with Crippen molar-refractivity contribution in [3.63, 3.8) is 0 Å². The molecule has 0 saturated heterocycles. The van der Waals surface area contributed by atoms with Gasteiger partial charge in [0.25, 0.3) is 0 Å². The highest BCUT2D eigenvalue weighted by molar-refractivity contribution is 6.58. The Morgan fingerprint density at radius 3 is 2.36 bits per heavy atom. The molecule has 14 heavy (non-hydrogen) atoms. The molecule has 2 rings (SSSR count). The highest BCUT2D eigenvalue weighted by atomic mass is 28.2. The molecule has 1 heteroatoms. The van der Waals surface area contributed by atoms with E-state index in [9.17, 15) is 0 Å². The third kappa shape index (κ3) is 2.84. The fraction of sp³-hybridized carbons (Fsp3) is 0. The van der Waals surface area contributed by atoms with Crippen molar-refractivity contribution in [3.8, 4) is 0 Å². The lowest BCUT2D eigenvalue weighted by molar-refractivity contribution is 1.38. The maximum absolute atomic E-state index is 2.23. The fourth-order valence-electron chi connectivity index (χ4n) is 1.27. The summed E-state index contributed by atoms with van der Waals surface area (Å²) in [6.45, 7) is 0. The molecule has 1 aromatic carbocycles. The summed E-state index contributed by atoms with van der Waals surface area (Å²) in [4.78, 5) is 0. The van der Waals surface area contributed by atoms with E-state index in [1.54, 1.807) is 0 Å². The molecule has 0 spiro atoms. The first-order valence-corrected chi connectivity index (χ1v) is 5.73. The molecule has 1 aliphatic carbocycles. The maximum Gasteiger partial charge on any atom is 0.111 e. The quantitative estimate of drug-likeness (QED) is 0.647. The largest absolute Gasteiger partial charge is 0.111 e. The van der Waals surface area contributed by atoms with Crippen LogP contribution >= 0.6 is 0 Å². The smallest absolute Gasteiger partial charge is 0.0967 e. The maximum atomic E-state index is 2.23. The van der Waals surface area contributed by atoms with E-state index in [-0.39, 0.29) is 0 Å². The summed E-state index contributed by atoms with van der Waals surface area (Å²) in [5, 5.41) is 1.38.